The first-order valence-corrected chi connectivity index (χ1v) is 6.13. The third-order valence-electron chi connectivity index (χ3n) is 1.44. The van der Waals surface area contributed by atoms with Crippen LogP contribution in [-0.4, -0.2) is 27.3 Å². The molecule has 0 saturated heterocycles. The second-order valence-corrected chi connectivity index (χ2v) is 5.43. The minimum absolute atomic E-state index is 0.167. The molecule has 0 rings (SSSR count). The zero-order valence-corrected chi connectivity index (χ0v) is 9.32. The first kappa shape index (κ1) is 12.1. The molecule has 0 spiro atoms. The molecule has 12 heavy (non-hydrogen) atoms. The summed E-state index contributed by atoms with van der Waals surface area (Å²) in [5, 5.41) is 0. The van der Waals surface area contributed by atoms with Crippen molar-refractivity contribution in [2.24, 2.45) is 0 Å². The summed E-state index contributed by atoms with van der Waals surface area (Å²) < 4.78 is 15.6. The Bertz CT molecular complexity index is 125. The summed E-state index contributed by atoms with van der Waals surface area (Å²) in [6.45, 7) is 0. The van der Waals surface area contributed by atoms with E-state index >= 15 is 0 Å². The average molecular weight is 211 g/mol. The molecule has 0 bridgehead atoms. The summed E-state index contributed by atoms with van der Waals surface area (Å²) in [5.74, 6) is -0.167. The Morgan fingerprint density at radius 2 is 1.83 bits per heavy atom. The molecule has 0 aromatic heterocycles. The average Bonchev–Trinajstić information content (AvgIpc) is 2.12. The number of carbonyl (C=O) groups excluding carboxylic acids is 1. The number of methoxy groups -OCH3 is 1. The third-order valence-corrected chi connectivity index (χ3v) is 4.06. The number of ether oxygens (including phenoxy) is 1. The molecule has 0 fully saturated rings. The van der Waals surface area contributed by atoms with Crippen LogP contribution >= 0.6 is 0 Å². The van der Waals surface area contributed by atoms with Gasteiger partial charge in [0.15, 0.2) is 0 Å². The summed E-state index contributed by atoms with van der Waals surface area (Å²) in [7, 11) is 4.69. The Morgan fingerprint density at radius 1 is 1.25 bits per heavy atom. The van der Waals surface area contributed by atoms with Gasteiger partial charge in [-0.05, 0) is 0 Å². The Morgan fingerprint density at radius 3 is 2.25 bits per heavy atom. The van der Waals surface area contributed by atoms with Gasteiger partial charge in [0, 0.05) is 0 Å². The molecular weight excluding hydrogens is 196 g/mol. The van der Waals surface area contributed by atoms with E-state index in [1.54, 1.807) is 14.2 Å². The molecule has 71 valence electrons. The molecule has 0 N–H and O–H groups in total. The van der Waals surface area contributed by atoms with Crippen molar-refractivity contribution >= 4 is 5.97 Å². The summed E-state index contributed by atoms with van der Waals surface area (Å²) >= 11 is -1.72. The molecule has 0 radical (unpaired) electrons. The summed E-state index contributed by atoms with van der Waals surface area (Å²) in [6, 6.07) is 0. The van der Waals surface area contributed by atoms with Crippen LogP contribution in [0.15, 0.2) is 0 Å². The molecule has 0 unspecified atom stereocenters. The molecule has 0 heterocycles. The van der Waals surface area contributed by atoms with Gasteiger partial charge in [0.1, 0.15) is 0 Å². The van der Waals surface area contributed by atoms with Gasteiger partial charge in [-0.2, -0.15) is 0 Å². The van der Waals surface area contributed by atoms with Crippen LogP contribution < -0.4 is 0 Å². The van der Waals surface area contributed by atoms with E-state index in [1.165, 1.54) is 7.11 Å². The van der Waals surface area contributed by atoms with E-state index in [2.05, 4.69) is 4.74 Å². The van der Waals surface area contributed by atoms with Gasteiger partial charge in [0.25, 0.3) is 0 Å². The van der Waals surface area contributed by atoms with Crippen LogP contribution in [-0.2, 0) is 34.8 Å². The molecule has 0 aliphatic rings. The zero-order valence-electron chi connectivity index (χ0n) is 7.75. The molecule has 0 aliphatic carbocycles. The maximum atomic E-state index is 10.7. The number of esters is 1. The molecule has 4 nitrogen and oxygen atoms in total. The third kappa shape index (κ3) is 5.72. The molecule has 0 atom stereocenters. The van der Waals surface area contributed by atoms with Crippen molar-refractivity contribution in [3.63, 3.8) is 0 Å². The van der Waals surface area contributed by atoms with Crippen molar-refractivity contribution in [2.45, 2.75) is 17.6 Å². The van der Waals surface area contributed by atoms with E-state index in [1.807, 2.05) is 0 Å². The molecule has 5 heteroatoms. The SMILES string of the molecule is COC(=O)CC[CH2][Ti]([O]C)[O]C. The van der Waals surface area contributed by atoms with Crippen molar-refractivity contribution in [2.75, 3.05) is 21.3 Å². The van der Waals surface area contributed by atoms with Crippen molar-refractivity contribution < 1.29 is 34.8 Å². The Kier molecular flexibility index (Phi) is 7.81. The van der Waals surface area contributed by atoms with Gasteiger partial charge in [-0.1, -0.05) is 0 Å². The Labute approximate surface area is 80.0 Å². The van der Waals surface area contributed by atoms with Gasteiger partial charge in [-0.3, -0.25) is 0 Å². The molecule has 0 saturated carbocycles. The van der Waals surface area contributed by atoms with Crippen molar-refractivity contribution in [3.8, 4) is 0 Å². The van der Waals surface area contributed by atoms with Crippen molar-refractivity contribution in [3.05, 3.63) is 0 Å². The Hall–Kier alpha value is 0.104. The van der Waals surface area contributed by atoms with Crippen LogP contribution in [0.25, 0.3) is 0 Å². The van der Waals surface area contributed by atoms with E-state index in [0.29, 0.717) is 6.42 Å². The predicted molar refractivity (Wildman–Crippen MR) is 40.1 cm³/mol. The number of hydrogen-bond acceptors (Lipinski definition) is 4. The van der Waals surface area contributed by atoms with Gasteiger partial charge in [0.2, 0.25) is 0 Å². The summed E-state index contributed by atoms with van der Waals surface area (Å²) in [5.41, 5.74) is 0. The first-order chi connectivity index (χ1) is 5.74. The summed E-state index contributed by atoms with van der Waals surface area (Å²) in [4.78, 5) is 10.7. The van der Waals surface area contributed by atoms with Gasteiger partial charge < -0.3 is 0 Å². The van der Waals surface area contributed by atoms with Gasteiger partial charge >= 0.3 is 79.7 Å². The van der Waals surface area contributed by atoms with E-state index in [4.69, 9.17) is 6.64 Å². The predicted octanol–water partition coefficient (Wildman–Crippen LogP) is 1.10. The van der Waals surface area contributed by atoms with Gasteiger partial charge in [-0.15, -0.1) is 0 Å². The monoisotopic (exact) mass is 211 g/mol. The number of rotatable bonds is 6. The van der Waals surface area contributed by atoms with E-state index < -0.39 is 18.6 Å². The second kappa shape index (κ2) is 7.74. The van der Waals surface area contributed by atoms with Crippen LogP contribution in [0.1, 0.15) is 12.8 Å². The van der Waals surface area contributed by atoms with Gasteiger partial charge in [0.05, 0.1) is 0 Å². The van der Waals surface area contributed by atoms with Crippen LogP contribution in [0, 0.1) is 0 Å². The van der Waals surface area contributed by atoms with Crippen LogP contribution in [0.5, 0.6) is 0 Å². The van der Waals surface area contributed by atoms with E-state index in [0.717, 1.165) is 11.1 Å². The Balaban J connectivity index is 3.34. The summed E-state index contributed by atoms with van der Waals surface area (Å²) in [6.07, 6.45) is 1.25. The van der Waals surface area contributed by atoms with E-state index in [9.17, 15) is 4.79 Å². The maximum absolute atomic E-state index is 10.7. The quantitative estimate of drug-likeness (QED) is 0.487. The standard InChI is InChI=1S/C5H9O2.2CH3O.Ti/c1-3-4-5(6)7-2;2*1-2;/h1,3-4H2,2H3;2*1H3;/q;2*-1;+2. The topological polar surface area (TPSA) is 44.8 Å². The van der Waals surface area contributed by atoms with Gasteiger partial charge in [-0.25, -0.2) is 0 Å². The molecule has 0 aliphatic heterocycles. The molecule has 0 aromatic carbocycles. The zero-order chi connectivity index (χ0) is 9.40. The molecule has 0 aromatic rings. The first-order valence-electron chi connectivity index (χ1n) is 3.75. The number of carbonyl (C=O) groups is 1. The molecular formula is C7H15O4Ti. The van der Waals surface area contributed by atoms with Crippen molar-refractivity contribution in [1.82, 2.24) is 0 Å². The van der Waals surface area contributed by atoms with E-state index in [-0.39, 0.29) is 5.97 Å². The van der Waals surface area contributed by atoms with Crippen molar-refractivity contribution in [1.29, 1.82) is 0 Å². The van der Waals surface area contributed by atoms with Crippen LogP contribution in [0.2, 0.25) is 4.73 Å². The second-order valence-electron chi connectivity index (χ2n) is 2.21. The fourth-order valence-electron chi connectivity index (χ4n) is 0.767. The minimum atomic E-state index is -1.72. The molecule has 0 amide bonds. The fraction of sp³-hybridized carbons (Fsp3) is 0.857. The fourth-order valence-corrected chi connectivity index (χ4v) is 2.39. The normalized spacial score (nSPS) is 9.58. The number of hydrogen-bond donors (Lipinski definition) is 0. The van der Waals surface area contributed by atoms with Crippen LogP contribution in [0.4, 0.5) is 0 Å². The van der Waals surface area contributed by atoms with Crippen LogP contribution in [0.3, 0.4) is 0 Å².